The number of benzene rings is 2. The average Bonchev–Trinajstić information content (AvgIpc) is 2.65. The van der Waals surface area contributed by atoms with Gasteiger partial charge >= 0.3 is 12.2 Å². The number of aryl methyl sites for hydroxylation is 3. The molecule has 0 unspecified atom stereocenters. The van der Waals surface area contributed by atoms with Crippen molar-refractivity contribution >= 4 is 34.9 Å². The quantitative estimate of drug-likeness (QED) is 0.734. The van der Waals surface area contributed by atoms with Gasteiger partial charge in [-0.25, -0.2) is 9.59 Å². The Balaban J connectivity index is 0.000000311. The van der Waals surface area contributed by atoms with E-state index in [4.69, 9.17) is 10.2 Å². The molecule has 0 atom stereocenters. The van der Waals surface area contributed by atoms with Gasteiger partial charge in [-0.3, -0.25) is 9.80 Å². The molecular weight excluding hydrogens is 396 g/mol. The molecule has 2 amide bonds. The van der Waals surface area contributed by atoms with Crippen molar-refractivity contribution in [2.45, 2.75) is 20.8 Å². The van der Waals surface area contributed by atoms with E-state index in [0.717, 1.165) is 28.1 Å². The number of carboxylic acid groups (broad SMARTS) is 2. The van der Waals surface area contributed by atoms with Crippen LogP contribution in [0.15, 0.2) is 30.3 Å². The number of amides is 2. The monoisotopic (exact) mass is 430 g/mol. The normalized spacial score (nSPS) is 9.97. The fraction of sp³-hybridized carbons (Fsp3) is 0.391. The summed E-state index contributed by atoms with van der Waals surface area (Å²) in [5.74, 6) is 0. The summed E-state index contributed by atoms with van der Waals surface area (Å²) in [4.78, 5) is 28.1. The van der Waals surface area contributed by atoms with E-state index >= 15 is 0 Å². The lowest BCUT2D eigenvalue weighted by Gasteiger charge is -2.22. The summed E-state index contributed by atoms with van der Waals surface area (Å²) in [7, 11) is 10.8. The van der Waals surface area contributed by atoms with Gasteiger partial charge in [0.05, 0.1) is 11.4 Å². The van der Waals surface area contributed by atoms with Gasteiger partial charge in [0.25, 0.3) is 0 Å². The molecule has 0 aromatic heterocycles. The number of rotatable bonds is 4. The third-order valence-corrected chi connectivity index (χ3v) is 4.86. The van der Waals surface area contributed by atoms with Gasteiger partial charge in [-0.2, -0.15) is 0 Å². The van der Waals surface area contributed by atoms with E-state index in [0.29, 0.717) is 11.4 Å². The molecule has 0 saturated heterocycles. The molecule has 0 fully saturated rings. The smallest absolute Gasteiger partial charge is 0.411 e. The van der Waals surface area contributed by atoms with Gasteiger partial charge in [-0.15, -0.1) is 0 Å². The largest absolute Gasteiger partial charge is 0.465 e. The second-order valence-electron chi connectivity index (χ2n) is 7.89. The predicted molar refractivity (Wildman–Crippen MR) is 129 cm³/mol. The third-order valence-electron chi connectivity index (χ3n) is 4.86. The van der Waals surface area contributed by atoms with E-state index in [1.165, 1.54) is 9.80 Å². The minimum absolute atomic E-state index is 0.701. The summed E-state index contributed by atoms with van der Waals surface area (Å²) in [5.41, 5.74) is 6.64. The number of nitrogens with zero attached hydrogens (tertiary/aromatic N) is 4. The van der Waals surface area contributed by atoms with Gasteiger partial charge in [0.15, 0.2) is 0 Å². The highest BCUT2D eigenvalue weighted by atomic mass is 16.4. The van der Waals surface area contributed by atoms with Crippen LogP contribution in [0.5, 0.6) is 0 Å². The second kappa shape index (κ2) is 10.6. The zero-order valence-electron chi connectivity index (χ0n) is 19.9. The molecule has 8 nitrogen and oxygen atoms in total. The Labute approximate surface area is 184 Å². The lowest BCUT2D eigenvalue weighted by Crippen LogP contribution is -2.26. The van der Waals surface area contributed by atoms with Crippen LogP contribution in [0.1, 0.15) is 16.7 Å². The van der Waals surface area contributed by atoms with Crippen LogP contribution in [0, 0.1) is 20.8 Å². The third kappa shape index (κ3) is 6.53. The van der Waals surface area contributed by atoms with Crippen molar-refractivity contribution in [2.75, 3.05) is 61.9 Å². The van der Waals surface area contributed by atoms with E-state index in [2.05, 4.69) is 0 Å². The first-order chi connectivity index (χ1) is 14.3. The second-order valence-corrected chi connectivity index (χ2v) is 7.89. The summed E-state index contributed by atoms with van der Waals surface area (Å²) in [6.07, 6.45) is -1.90. The van der Waals surface area contributed by atoms with E-state index in [9.17, 15) is 9.59 Å². The SMILES string of the molecule is Cc1cc(N(C)C(=O)O)cc(C)c1N(C)C.Cc1ccc(N(C)C)c(N(C)C(=O)O)c1. The first-order valence-corrected chi connectivity index (χ1v) is 9.77. The molecule has 0 aliphatic rings. The molecule has 8 heteroatoms. The molecule has 2 rings (SSSR count). The fourth-order valence-corrected chi connectivity index (χ4v) is 3.33. The Morgan fingerprint density at radius 2 is 1.16 bits per heavy atom. The van der Waals surface area contributed by atoms with Crippen molar-refractivity contribution in [3.63, 3.8) is 0 Å². The van der Waals surface area contributed by atoms with E-state index < -0.39 is 12.2 Å². The highest BCUT2D eigenvalue weighted by Gasteiger charge is 2.14. The van der Waals surface area contributed by atoms with Gasteiger partial charge < -0.3 is 20.0 Å². The molecule has 31 heavy (non-hydrogen) atoms. The maximum Gasteiger partial charge on any atom is 0.411 e. The van der Waals surface area contributed by atoms with Crippen LogP contribution in [0.3, 0.4) is 0 Å². The first kappa shape index (κ1) is 25.6. The van der Waals surface area contributed by atoms with E-state index in [-0.39, 0.29) is 0 Å². The Bertz CT molecular complexity index is 918. The highest BCUT2D eigenvalue weighted by molar-refractivity contribution is 5.90. The van der Waals surface area contributed by atoms with Crippen molar-refractivity contribution in [3.8, 4) is 0 Å². The molecule has 0 radical (unpaired) electrons. The number of carbonyl (C=O) groups is 2. The molecule has 2 aromatic rings. The van der Waals surface area contributed by atoms with E-state index in [1.807, 2.05) is 89.1 Å². The van der Waals surface area contributed by atoms with Crippen LogP contribution in [0.2, 0.25) is 0 Å². The first-order valence-electron chi connectivity index (χ1n) is 9.77. The molecule has 0 aliphatic heterocycles. The Hall–Kier alpha value is -3.42. The van der Waals surface area contributed by atoms with Crippen LogP contribution < -0.4 is 19.6 Å². The molecule has 0 spiro atoms. The molecule has 2 N–H and O–H groups in total. The highest BCUT2D eigenvalue weighted by Crippen LogP contribution is 2.29. The maximum absolute atomic E-state index is 10.9. The van der Waals surface area contributed by atoms with Gasteiger partial charge in [0.2, 0.25) is 0 Å². The number of anilines is 4. The van der Waals surface area contributed by atoms with Crippen molar-refractivity contribution in [3.05, 3.63) is 47.0 Å². The van der Waals surface area contributed by atoms with Gasteiger partial charge in [-0.05, 0) is 61.7 Å². The summed E-state index contributed by atoms with van der Waals surface area (Å²) in [5, 5.41) is 17.9. The zero-order chi connectivity index (χ0) is 24.0. The molecule has 0 aliphatic carbocycles. The van der Waals surface area contributed by atoms with Crippen molar-refractivity contribution in [2.24, 2.45) is 0 Å². The minimum Gasteiger partial charge on any atom is -0.465 e. The van der Waals surface area contributed by atoms with Crippen LogP contribution >= 0.6 is 0 Å². The van der Waals surface area contributed by atoms with Crippen molar-refractivity contribution in [1.29, 1.82) is 0 Å². The van der Waals surface area contributed by atoms with Gasteiger partial charge in [0, 0.05) is 53.7 Å². The Morgan fingerprint density at radius 3 is 1.55 bits per heavy atom. The summed E-state index contributed by atoms with van der Waals surface area (Å²) in [6, 6.07) is 9.52. The lowest BCUT2D eigenvalue weighted by molar-refractivity contribution is 0.202. The van der Waals surface area contributed by atoms with Crippen LogP contribution in [-0.2, 0) is 0 Å². The zero-order valence-corrected chi connectivity index (χ0v) is 19.9. The summed E-state index contributed by atoms with van der Waals surface area (Å²) >= 11 is 0. The van der Waals surface area contributed by atoms with Crippen LogP contribution in [0.25, 0.3) is 0 Å². The molecule has 0 bridgehead atoms. The predicted octanol–water partition coefficient (Wildman–Crippen LogP) is 4.66. The lowest BCUT2D eigenvalue weighted by atomic mass is 10.1. The van der Waals surface area contributed by atoms with Crippen molar-refractivity contribution < 1.29 is 19.8 Å². The summed E-state index contributed by atoms with van der Waals surface area (Å²) < 4.78 is 0. The van der Waals surface area contributed by atoms with Crippen molar-refractivity contribution in [1.82, 2.24) is 0 Å². The topological polar surface area (TPSA) is 87.6 Å². The number of hydrogen-bond donors (Lipinski definition) is 2. The Kier molecular flexibility index (Phi) is 8.73. The minimum atomic E-state index is -0.955. The van der Waals surface area contributed by atoms with E-state index in [1.54, 1.807) is 14.1 Å². The molecule has 170 valence electrons. The standard InChI is InChI=1S/C12H18N2O2.C11H16N2O2/c1-8-6-10(14(5)12(15)16)7-9(2)11(8)13(3)4;1-8-5-6-9(12(2)3)10(7-8)13(4)11(14)15/h6-7H,1-5H3,(H,15,16);5-7H,1-4H3,(H,14,15). The average molecular weight is 431 g/mol. The maximum atomic E-state index is 10.9. The van der Waals surface area contributed by atoms with Gasteiger partial charge in [0.1, 0.15) is 0 Å². The van der Waals surface area contributed by atoms with Gasteiger partial charge in [-0.1, -0.05) is 6.07 Å². The van der Waals surface area contributed by atoms with Crippen LogP contribution in [0.4, 0.5) is 32.3 Å². The molecule has 0 saturated carbocycles. The number of hydrogen-bond acceptors (Lipinski definition) is 4. The molecular formula is C23H34N4O4. The summed E-state index contributed by atoms with van der Waals surface area (Å²) in [6.45, 7) is 5.92. The Morgan fingerprint density at radius 1 is 0.677 bits per heavy atom. The fourth-order valence-electron chi connectivity index (χ4n) is 3.33. The molecule has 0 heterocycles. The molecule has 2 aromatic carbocycles. The van der Waals surface area contributed by atoms with Crippen LogP contribution in [-0.4, -0.2) is 64.7 Å².